The SMILES string of the molecule is O=[N+]([O-])c1cccc2cnn(CO)c12. The molecule has 1 aromatic heterocycles. The number of para-hydroxylation sites is 1. The molecule has 6 nitrogen and oxygen atoms in total. The number of rotatable bonds is 2. The van der Waals surface area contributed by atoms with Gasteiger partial charge in [0.1, 0.15) is 12.2 Å². The fraction of sp³-hybridized carbons (Fsp3) is 0.125. The van der Waals surface area contributed by atoms with Crippen LogP contribution in [-0.2, 0) is 6.73 Å². The van der Waals surface area contributed by atoms with Crippen molar-refractivity contribution in [1.82, 2.24) is 9.78 Å². The van der Waals surface area contributed by atoms with Crippen LogP contribution in [0.5, 0.6) is 0 Å². The Morgan fingerprint density at radius 2 is 2.36 bits per heavy atom. The molecule has 1 aromatic carbocycles. The molecule has 72 valence electrons. The van der Waals surface area contributed by atoms with Crippen molar-refractivity contribution in [2.24, 2.45) is 0 Å². The monoisotopic (exact) mass is 193 g/mol. The van der Waals surface area contributed by atoms with Crippen molar-refractivity contribution in [3.8, 4) is 0 Å². The summed E-state index contributed by atoms with van der Waals surface area (Å²) in [4.78, 5) is 10.2. The second-order valence-electron chi connectivity index (χ2n) is 2.76. The largest absolute Gasteiger partial charge is 0.374 e. The smallest absolute Gasteiger partial charge is 0.295 e. The van der Waals surface area contributed by atoms with E-state index in [9.17, 15) is 10.1 Å². The van der Waals surface area contributed by atoms with Gasteiger partial charge >= 0.3 is 0 Å². The number of fused-ring (bicyclic) bond motifs is 1. The number of hydrogen-bond donors (Lipinski definition) is 1. The quantitative estimate of drug-likeness (QED) is 0.567. The van der Waals surface area contributed by atoms with E-state index in [2.05, 4.69) is 5.10 Å². The molecule has 1 heterocycles. The van der Waals surface area contributed by atoms with Gasteiger partial charge in [0.15, 0.2) is 0 Å². The Morgan fingerprint density at radius 1 is 1.57 bits per heavy atom. The van der Waals surface area contributed by atoms with Crippen LogP contribution in [0.25, 0.3) is 10.9 Å². The van der Waals surface area contributed by atoms with Crippen LogP contribution in [0.3, 0.4) is 0 Å². The Hall–Kier alpha value is -1.95. The van der Waals surface area contributed by atoms with Crippen molar-refractivity contribution in [3.05, 3.63) is 34.5 Å². The molecule has 2 aromatic rings. The van der Waals surface area contributed by atoms with E-state index in [0.717, 1.165) is 0 Å². The summed E-state index contributed by atoms with van der Waals surface area (Å²) in [6, 6.07) is 4.68. The number of nitro groups is 1. The zero-order valence-electron chi connectivity index (χ0n) is 7.12. The maximum Gasteiger partial charge on any atom is 0.295 e. The highest BCUT2D eigenvalue weighted by Crippen LogP contribution is 2.24. The summed E-state index contributed by atoms with van der Waals surface area (Å²) in [6.45, 7) is -0.367. The van der Waals surface area contributed by atoms with Gasteiger partial charge in [-0.2, -0.15) is 5.10 Å². The molecule has 0 fully saturated rings. The molecule has 0 unspecified atom stereocenters. The average Bonchev–Trinajstić information content (AvgIpc) is 2.59. The summed E-state index contributed by atoms with van der Waals surface area (Å²) in [6.07, 6.45) is 1.48. The lowest BCUT2D eigenvalue weighted by Crippen LogP contribution is -2.00. The number of benzene rings is 1. The maximum atomic E-state index is 10.7. The highest BCUT2D eigenvalue weighted by Gasteiger charge is 2.15. The van der Waals surface area contributed by atoms with E-state index in [4.69, 9.17) is 5.11 Å². The standard InChI is InChI=1S/C8H7N3O3/c12-5-10-8-6(4-9-10)2-1-3-7(8)11(13)14/h1-4,12H,5H2. The van der Waals surface area contributed by atoms with Crippen molar-refractivity contribution in [2.45, 2.75) is 6.73 Å². The number of aromatic nitrogens is 2. The summed E-state index contributed by atoms with van der Waals surface area (Å²) in [5.74, 6) is 0. The van der Waals surface area contributed by atoms with Crippen molar-refractivity contribution in [3.63, 3.8) is 0 Å². The van der Waals surface area contributed by atoms with Crippen LogP contribution in [0.2, 0.25) is 0 Å². The number of nitro benzene ring substituents is 1. The van der Waals surface area contributed by atoms with Crippen LogP contribution in [-0.4, -0.2) is 19.8 Å². The second kappa shape index (κ2) is 3.08. The zero-order chi connectivity index (χ0) is 10.1. The average molecular weight is 193 g/mol. The first-order valence-electron chi connectivity index (χ1n) is 3.94. The highest BCUT2D eigenvalue weighted by atomic mass is 16.6. The summed E-state index contributed by atoms with van der Waals surface area (Å²) in [7, 11) is 0. The maximum absolute atomic E-state index is 10.7. The van der Waals surface area contributed by atoms with Gasteiger partial charge < -0.3 is 5.11 Å². The molecule has 0 spiro atoms. The summed E-state index contributed by atoms with van der Waals surface area (Å²) in [5.41, 5.74) is 0.300. The Balaban J connectivity index is 2.81. The third kappa shape index (κ3) is 1.12. The van der Waals surface area contributed by atoms with E-state index in [1.807, 2.05) is 0 Å². The molecular formula is C8H7N3O3. The number of aliphatic hydroxyl groups is 1. The number of hydrogen-bond acceptors (Lipinski definition) is 4. The molecule has 0 aliphatic carbocycles. The van der Waals surface area contributed by atoms with Crippen molar-refractivity contribution in [2.75, 3.05) is 0 Å². The van der Waals surface area contributed by atoms with E-state index in [-0.39, 0.29) is 12.4 Å². The van der Waals surface area contributed by atoms with Gasteiger partial charge in [-0.15, -0.1) is 0 Å². The van der Waals surface area contributed by atoms with E-state index in [0.29, 0.717) is 10.9 Å². The van der Waals surface area contributed by atoms with E-state index in [1.54, 1.807) is 12.1 Å². The van der Waals surface area contributed by atoms with Crippen LogP contribution < -0.4 is 0 Å². The first-order chi connectivity index (χ1) is 6.74. The van der Waals surface area contributed by atoms with Gasteiger partial charge in [0.2, 0.25) is 0 Å². The predicted octanol–water partition coefficient (Wildman–Crippen LogP) is 0.894. The normalized spacial score (nSPS) is 10.6. The fourth-order valence-corrected chi connectivity index (χ4v) is 1.38. The minimum atomic E-state index is -0.490. The van der Waals surface area contributed by atoms with Gasteiger partial charge in [0, 0.05) is 11.5 Å². The van der Waals surface area contributed by atoms with Gasteiger partial charge in [0.05, 0.1) is 11.1 Å². The summed E-state index contributed by atoms with van der Waals surface area (Å²) < 4.78 is 1.19. The van der Waals surface area contributed by atoms with Gasteiger partial charge in [-0.3, -0.25) is 10.1 Å². The van der Waals surface area contributed by atoms with E-state index in [1.165, 1.54) is 16.9 Å². The van der Waals surface area contributed by atoms with Crippen molar-refractivity contribution in [1.29, 1.82) is 0 Å². The Bertz CT molecular complexity index is 492. The number of non-ortho nitro benzene ring substituents is 1. The van der Waals surface area contributed by atoms with Crippen LogP contribution in [0.15, 0.2) is 24.4 Å². The molecule has 0 saturated carbocycles. The van der Waals surface area contributed by atoms with E-state index >= 15 is 0 Å². The molecule has 0 aliphatic rings. The Kier molecular flexibility index (Phi) is 1.90. The topological polar surface area (TPSA) is 81.2 Å². The third-order valence-electron chi connectivity index (χ3n) is 1.97. The molecule has 1 N–H and O–H groups in total. The van der Waals surface area contributed by atoms with Gasteiger partial charge in [-0.25, -0.2) is 4.68 Å². The van der Waals surface area contributed by atoms with Crippen molar-refractivity contribution >= 4 is 16.6 Å². The molecule has 6 heteroatoms. The minimum absolute atomic E-state index is 0.0472. The zero-order valence-corrected chi connectivity index (χ0v) is 7.12. The second-order valence-corrected chi connectivity index (χ2v) is 2.76. The molecular weight excluding hydrogens is 186 g/mol. The minimum Gasteiger partial charge on any atom is -0.374 e. The highest BCUT2D eigenvalue weighted by molar-refractivity contribution is 5.87. The summed E-state index contributed by atoms with van der Waals surface area (Å²) in [5, 5.41) is 24.0. The van der Waals surface area contributed by atoms with Crippen LogP contribution in [0, 0.1) is 10.1 Å². The number of nitrogens with zero attached hydrogens (tertiary/aromatic N) is 3. The van der Waals surface area contributed by atoms with Gasteiger partial charge in [-0.05, 0) is 0 Å². The van der Waals surface area contributed by atoms with Crippen LogP contribution in [0.1, 0.15) is 0 Å². The molecule has 0 amide bonds. The molecule has 0 bridgehead atoms. The van der Waals surface area contributed by atoms with Gasteiger partial charge in [-0.1, -0.05) is 12.1 Å². The lowest BCUT2D eigenvalue weighted by molar-refractivity contribution is -0.383. The molecule has 0 atom stereocenters. The molecule has 14 heavy (non-hydrogen) atoms. The van der Waals surface area contributed by atoms with Gasteiger partial charge in [0.25, 0.3) is 5.69 Å². The fourth-order valence-electron chi connectivity index (χ4n) is 1.38. The van der Waals surface area contributed by atoms with Crippen LogP contribution in [0.4, 0.5) is 5.69 Å². The van der Waals surface area contributed by atoms with Crippen LogP contribution >= 0.6 is 0 Å². The first kappa shape index (κ1) is 8.64. The lowest BCUT2D eigenvalue weighted by Gasteiger charge is -1.98. The Morgan fingerprint density at radius 3 is 3.00 bits per heavy atom. The first-order valence-corrected chi connectivity index (χ1v) is 3.94. The lowest BCUT2D eigenvalue weighted by atomic mass is 10.2. The molecule has 2 rings (SSSR count). The Labute approximate surface area is 78.5 Å². The molecule has 0 aliphatic heterocycles. The number of aliphatic hydroxyl groups excluding tert-OH is 1. The molecule has 0 saturated heterocycles. The molecule has 0 radical (unpaired) electrons. The van der Waals surface area contributed by atoms with E-state index < -0.39 is 4.92 Å². The summed E-state index contributed by atoms with van der Waals surface area (Å²) >= 11 is 0. The van der Waals surface area contributed by atoms with Crippen molar-refractivity contribution < 1.29 is 10.0 Å². The predicted molar refractivity (Wildman–Crippen MR) is 48.6 cm³/mol. The third-order valence-corrected chi connectivity index (χ3v) is 1.97.